The monoisotopic (exact) mass is 411 g/mol. The Labute approximate surface area is 165 Å². The zero-order chi connectivity index (χ0) is 20.8. The second-order valence-corrected chi connectivity index (χ2v) is 6.90. The summed E-state index contributed by atoms with van der Waals surface area (Å²) >= 11 is 1.49. The van der Waals surface area contributed by atoms with Crippen LogP contribution in [0.5, 0.6) is 0 Å². The fourth-order valence-electron chi connectivity index (χ4n) is 2.36. The fourth-order valence-corrected chi connectivity index (χ4v) is 2.91. The Morgan fingerprint density at radius 1 is 1.04 bits per heavy atom. The molecule has 0 aliphatic rings. The zero-order valence-corrected chi connectivity index (χ0v) is 16.4. The van der Waals surface area contributed by atoms with Crippen molar-refractivity contribution in [1.29, 1.82) is 0 Å². The molecule has 0 radical (unpaired) electrons. The Balaban J connectivity index is 1.98. The van der Waals surface area contributed by atoms with E-state index in [-0.39, 0.29) is 12.5 Å². The van der Waals surface area contributed by atoms with Gasteiger partial charge in [0.2, 0.25) is 11.8 Å². The van der Waals surface area contributed by atoms with Gasteiger partial charge >= 0.3 is 0 Å². The number of para-hydroxylation sites is 1. The van der Waals surface area contributed by atoms with Crippen molar-refractivity contribution in [2.24, 2.45) is 0 Å². The van der Waals surface area contributed by atoms with Gasteiger partial charge in [0.15, 0.2) is 17.5 Å². The summed E-state index contributed by atoms with van der Waals surface area (Å²) in [5.74, 6) is -5.48. The molecule has 0 fully saturated rings. The van der Waals surface area contributed by atoms with Crippen molar-refractivity contribution in [2.75, 3.05) is 30.5 Å². The molecule has 2 aromatic rings. The minimum absolute atomic E-state index is 0.0996. The van der Waals surface area contributed by atoms with Crippen LogP contribution in [0.25, 0.3) is 0 Å². The molecular formula is C19H20F3N3O2S. The molecule has 0 saturated heterocycles. The first-order valence-corrected chi connectivity index (χ1v) is 9.54. The molecule has 1 atom stereocenters. The number of halogens is 3. The number of rotatable bonds is 7. The van der Waals surface area contributed by atoms with Gasteiger partial charge in [-0.25, -0.2) is 13.2 Å². The molecule has 0 heterocycles. The smallest absolute Gasteiger partial charge is 0.241 e. The highest BCUT2D eigenvalue weighted by Crippen LogP contribution is 2.24. The van der Waals surface area contributed by atoms with E-state index in [4.69, 9.17) is 0 Å². The lowest BCUT2D eigenvalue weighted by atomic mass is 10.2. The van der Waals surface area contributed by atoms with Gasteiger partial charge in [0.1, 0.15) is 0 Å². The number of thioether (sulfide) groups is 1. The van der Waals surface area contributed by atoms with Crippen LogP contribution in [0.15, 0.2) is 41.3 Å². The average molecular weight is 411 g/mol. The number of nitrogens with zero attached hydrogens (tertiary/aromatic N) is 1. The van der Waals surface area contributed by atoms with E-state index in [2.05, 4.69) is 10.6 Å². The lowest BCUT2D eigenvalue weighted by Gasteiger charge is -2.23. The molecule has 9 heteroatoms. The summed E-state index contributed by atoms with van der Waals surface area (Å²) in [7, 11) is 1.55. The Morgan fingerprint density at radius 3 is 2.39 bits per heavy atom. The normalized spacial score (nSPS) is 12.0. The molecule has 0 aliphatic carbocycles. The molecule has 0 spiro atoms. The zero-order valence-electron chi connectivity index (χ0n) is 15.6. The van der Waals surface area contributed by atoms with Crippen molar-refractivity contribution in [3.8, 4) is 0 Å². The second kappa shape index (κ2) is 9.61. The highest BCUT2D eigenvalue weighted by Gasteiger charge is 2.23. The van der Waals surface area contributed by atoms with Gasteiger partial charge in [-0.2, -0.15) is 0 Å². The first-order valence-electron chi connectivity index (χ1n) is 8.32. The molecule has 2 aromatic carbocycles. The molecule has 2 rings (SSSR count). The molecule has 150 valence electrons. The third-order valence-electron chi connectivity index (χ3n) is 4.11. The van der Waals surface area contributed by atoms with E-state index < -0.39 is 35.1 Å². The van der Waals surface area contributed by atoms with Crippen molar-refractivity contribution < 1.29 is 22.8 Å². The van der Waals surface area contributed by atoms with Crippen LogP contribution in [0, 0.1) is 17.5 Å². The maximum atomic E-state index is 13.7. The number of carbonyl (C=O) groups is 2. The molecular weight excluding hydrogens is 391 g/mol. The molecule has 0 bridgehead atoms. The molecule has 0 aromatic heterocycles. The van der Waals surface area contributed by atoms with Gasteiger partial charge < -0.3 is 10.6 Å². The van der Waals surface area contributed by atoms with Crippen molar-refractivity contribution in [3.63, 3.8) is 0 Å². The highest BCUT2D eigenvalue weighted by atomic mass is 32.2. The maximum absolute atomic E-state index is 13.7. The fraction of sp³-hybridized carbons (Fsp3) is 0.263. The first-order chi connectivity index (χ1) is 13.2. The van der Waals surface area contributed by atoms with E-state index in [1.807, 2.05) is 18.4 Å². The first kappa shape index (κ1) is 21.8. The summed E-state index contributed by atoms with van der Waals surface area (Å²) in [6, 6.07) is 8.13. The third-order valence-corrected chi connectivity index (χ3v) is 4.90. The van der Waals surface area contributed by atoms with Crippen LogP contribution in [-0.2, 0) is 9.59 Å². The van der Waals surface area contributed by atoms with Gasteiger partial charge in [0, 0.05) is 4.90 Å². The number of benzene rings is 2. The van der Waals surface area contributed by atoms with E-state index in [9.17, 15) is 22.8 Å². The Bertz CT molecular complexity index is 879. The molecule has 2 N–H and O–H groups in total. The summed E-state index contributed by atoms with van der Waals surface area (Å²) in [5.41, 5.74) is 0.192. The van der Waals surface area contributed by atoms with Gasteiger partial charge in [-0.05, 0) is 44.5 Å². The number of anilines is 2. The van der Waals surface area contributed by atoms with Gasteiger partial charge in [-0.1, -0.05) is 12.1 Å². The Hall–Kier alpha value is -2.52. The summed E-state index contributed by atoms with van der Waals surface area (Å²) in [6.45, 7) is 1.41. The minimum atomic E-state index is -1.66. The average Bonchev–Trinajstić information content (AvgIpc) is 2.68. The molecule has 5 nitrogen and oxygen atoms in total. The van der Waals surface area contributed by atoms with Gasteiger partial charge in [-0.15, -0.1) is 11.8 Å². The van der Waals surface area contributed by atoms with E-state index in [0.29, 0.717) is 5.69 Å². The topological polar surface area (TPSA) is 61.4 Å². The lowest BCUT2D eigenvalue weighted by molar-refractivity contribution is -0.122. The van der Waals surface area contributed by atoms with Crippen LogP contribution in [-0.4, -0.2) is 42.6 Å². The third kappa shape index (κ3) is 5.26. The molecule has 2 amide bonds. The minimum Gasteiger partial charge on any atom is -0.324 e. The van der Waals surface area contributed by atoms with E-state index >= 15 is 0 Å². The van der Waals surface area contributed by atoms with Gasteiger partial charge in [-0.3, -0.25) is 14.5 Å². The van der Waals surface area contributed by atoms with Crippen LogP contribution in [0.2, 0.25) is 0 Å². The Morgan fingerprint density at radius 2 is 1.71 bits per heavy atom. The van der Waals surface area contributed by atoms with Gasteiger partial charge in [0.25, 0.3) is 0 Å². The number of amides is 2. The van der Waals surface area contributed by atoms with Crippen LogP contribution in [0.1, 0.15) is 6.92 Å². The highest BCUT2D eigenvalue weighted by molar-refractivity contribution is 7.98. The van der Waals surface area contributed by atoms with Gasteiger partial charge in [0.05, 0.1) is 24.0 Å². The van der Waals surface area contributed by atoms with Crippen molar-refractivity contribution in [2.45, 2.75) is 17.9 Å². The number of hydrogen-bond donors (Lipinski definition) is 2. The Kier molecular flexibility index (Phi) is 7.47. The largest absolute Gasteiger partial charge is 0.324 e. The van der Waals surface area contributed by atoms with Crippen molar-refractivity contribution >= 4 is 35.0 Å². The molecule has 28 heavy (non-hydrogen) atoms. The molecule has 0 saturated carbocycles. The van der Waals surface area contributed by atoms with Crippen molar-refractivity contribution in [3.05, 3.63) is 53.8 Å². The van der Waals surface area contributed by atoms with E-state index in [1.165, 1.54) is 23.6 Å². The van der Waals surface area contributed by atoms with Crippen molar-refractivity contribution in [1.82, 2.24) is 4.90 Å². The summed E-state index contributed by atoms with van der Waals surface area (Å²) in [6.07, 6.45) is 1.89. The van der Waals surface area contributed by atoms with Crippen LogP contribution >= 0.6 is 11.8 Å². The van der Waals surface area contributed by atoms with E-state index in [1.54, 1.807) is 19.2 Å². The summed E-state index contributed by atoms with van der Waals surface area (Å²) in [5, 5.41) is 4.98. The SMILES string of the molecule is CSc1ccccc1NC(=O)CN(C)[C@H](C)C(=O)Nc1ccc(F)c(F)c1F. The van der Waals surface area contributed by atoms with Crippen LogP contribution in [0.4, 0.5) is 24.5 Å². The summed E-state index contributed by atoms with van der Waals surface area (Å²) in [4.78, 5) is 26.9. The lowest BCUT2D eigenvalue weighted by Crippen LogP contribution is -2.43. The molecule has 0 unspecified atom stereocenters. The standard InChI is InChI=1S/C19H20F3N3O2S/c1-11(19(27)24-14-9-8-12(20)17(21)18(14)22)25(2)10-16(26)23-13-6-4-5-7-15(13)28-3/h4-9,11H,10H2,1-3H3,(H,23,26)(H,24,27)/t11-/m1/s1. The maximum Gasteiger partial charge on any atom is 0.241 e. The quantitative estimate of drug-likeness (QED) is 0.539. The van der Waals surface area contributed by atoms with Crippen LogP contribution in [0.3, 0.4) is 0 Å². The number of hydrogen-bond acceptors (Lipinski definition) is 4. The molecule has 0 aliphatic heterocycles. The predicted octanol–water partition coefficient (Wildman–Crippen LogP) is 3.72. The predicted molar refractivity (Wildman–Crippen MR) is 104 cm³/mol. The van der Waals surface area contributed by atoms with Crippen LogP contribution < -0.4 is 10.6 Å². The van der Waals surface area contributed by atoms with E-state index in [0.717, 1.165) is 17.0 Å². The number of carbonyl (C=O) groups excluding carboxylic acids is 2. The second-order valence-electron chi connectivity index (χ2n) is 6.05. The summed E-state index contributed by atoms with van der Waals surface area (Å²) < 4.78 is 40.0. The number of nitrogens with one attached hydrogen (secondary N) is 2. The number of likely N-dealkylation sites (N-methyl/N-ethyl adjacent to an activating group) is 1.